The fourth-order valence-corrected chi connectivity index (χ4v) is 4.46. The van der Waals surface area contributed by atoms with Gasteiger partial charge < -0.3 is 9.64 Å². The minimum atomic E-state index is -4.99. The Balaban J connectivity index is 1.73. The van der Waals surface area contributed by atoms with Crippen LogP contribution in [0.1, 0.15) is 11.1 Å². The van der Waals surface area contributed by atoms with E-state index in [1.165, 1.54) is 18.2 Å². The molecular formula is C20H17BrF6N2O4S. The van der Waals surface area contributed by atoms with Gasteiger partial charge in [0.15, 0.2) is 0 Å². The summed E-state index contributed by atoms with van der Waals surface area (Å²) < 4.78 is 109. The molecule has 0 saturated heterocycles. The zero-order valence-corrected chi connectivity index (χ0v) is 19.5. The number of benzene rings is 2. The molecule has 186 valence electrons. The Kier molecular flexibility index (Phi) is 7.41. The number of fused-ring (bicyclic) bond motifs is 1. The van der Waals surface area contributed by atoms with Crippen LogP contribution < -0.4 is 9.46 Å². The summed E-state index contributed by atoms with van der Waals surface area (Å²) in [7, 11) is -4.14. The molecular weight excluding hydrogens is 558 g/mol. The van der Waals surface area contributed by atoms with E-state index < -0.39 is 39.0 Å². The van der Waals surface area contributed by atoms with Gasteiger partial charge in [-0.2, -0.15) is 22.0 Å². The first-order chi connectivity index (χ1) is 15.7. The first-order valence-corrected chi connectivity index (χ1v) is 12.0. The van der Waals surface area contributed by atoms with Crippen LogP contribution >= 0.6 is 15.9 Å². The molecule has 0 spiro atoms. The van der Waals surface area contributed by atoms with Crippen molar-refractivity contribution in [2.24, 2.45) is 0 Å². The van der Waals surface area contributed by atoms with Crippen LogP contribution in [0.5, 0.6) is 5.75 Å². The molecule has 1 heterocycles. The molecule has 1 atom stereocenters. The molecule has 0 aliphatic carbocycles. The Bertz CT molecular complexity index is 1160. The van der Waals surface area contributed by atoms with E-state index in [0.717, 1.165) is 24.3 Å². The van der Waals surface area contributed by atoms with Crippen molar-refractivity contribution in [1.29, 1.82) is 0 Å². The number of carbonyl (C=O) groups is 1. The molecule has 3 rings (SSSR count). The first-order valence-electron chi connectivity index (χ1n) is 9.65. The van der Waals surface area contributed by atoms with E-state index >= 15 is 0 Å². The topological polar surface area (TPSA) is 75.7 Å². The number of rotatable bonds is 6. The summed E-state index contributed by atoms with van der Waals surface area (Å²) in [4.78, 5) is 12.0. The van der Waals surface area contributed by atoms with Gasteiger partial charge in [-0.15, -0.1) is 0 Å². The number of hydrogen-bond acceptors (Lipinski definition) is 4. The standard InChI is InChI=1S/C20H17BrF6N2O4S/c21-17(22)20(26,27)33-15-4-2-14(3-5-15)28-34(31,32)16-6-1-12-7-9-29(10-8-13(12)11-16)18(30)19(23,24)25/h1-6,11,17,28H,7-10H2. The summed E-state index contributed by atoms with van der Waals surface area (Å²) in [5.74, 6) is -2.35. The van der Waals surface area contributed by atoms with Crippen molar-refractivity contribution in [2.45, 2.75) is 35.1 Å². The van der Waals surface area contributed by atoms with Gasteiger partial charge >= 0.3 is 18.2 Å². The molecule has 1 unspecified atom stereocenters. The van der Waals surface area contributed by atoms with Gasteiger partial charge in [-0.1, -0.05) is 6.07 Å². The predicted molar refractivity (Wildman–Crippen MR) is 113 cm³/mol. The Hall–Kier alpha value is -2.48. The molecule has 0 bridgehead atoms. The van der Waals surface area contributed by atoms with Crippen molar-refractivity contribution in [3.63, 3.8) is 0 Å². The number of amides is 1. The summed E-state index contributed by atoms with van der Waals surface area (Å²) in [6.45, 7) is -0.371. The second kappa shape index (κ2) is 9.64. The zero-order valence-electron chi connectivity index (χ0n) is 17.1. The quantitative estimate of drug-likeness (QED) is 0.403. The predicted octanol–water partition coefficient (Wildman–Crippen LogP) is 4.64. The SMILES string of the molecule is O=C(N1CCc2ccc(S(=O)(=O)Nc3ccc(OC(F)(F)C(F)Br)cc3)cc2CC1)C(F)(F)F. The normalized spacial score (nSPS) is 15.8. The molecule has 1 aliphatic rings. The maximum atomic E-state index is 13.3. The molecule has 0 aromatic heterocycles. The lowest BCUT2D eigenvalue weighted by atomic mass is 10.0. The number of halogens is 7. The number of hydrogen-bond donors (Lipinski definition) is 1. The fraction of sp³-hybridized carbons (Fsp3) is 0.350. The molecule has 14 heteroatoms. The van der Waals surface area contributed by atoms with Gasteiger partial charge in [-0.25, -0.2) is 12.8 Å². The minimum Gasteiger partial charge on any atom is -0.430 e. The maximum Gasteiger partial charge on any atom is 0.471 e. The summed E-state index contributed by atoms with van der Waals surface area (Å²) in [6, 6.07) is 8.36. The highest BCUT2D eigenvalue weighted by Gasteiger charge is 2.43. The van der Waals surface area contributed by atoms with E-state index in [1.807, 2.05) is 0 Å². The number of ether oxygens (including phenoxy) is 1. The zero-order chi connectivity index (χ0) is 25.3. The van der Waals surface area contributed by atoms with Crippen molar-refractivity contribution < 1.29 is 44.3 Å². The van der Waals surface area contributed by atoms with Crippen LogP contribution in [-0.2, 0) is 27.7 Å². The van der Waals surface area contributed by atoms with E-state index in [1.54, 1.807) is 0 Å². The van der Waals surface area contributed by atoms with Gasteiger partial charge in [0.2, 0.25) is 0 Å². The van der Waals surface area contributed by atoms with E-state index in [4.69, 9.17) is 0 Å². The highest BCUT2D eigenvalue weighted by Crippen LogP contribution is 2.31. The number of anilines is 1. The van der Waals surface area contributed by atoms with Crippen molar-refractivity contribution in [3.05, 3.63) is 53.6 Å². The lowest BCUT2D eigenvalue weighted by molar-refractivity contribution is -0.195. The highest BCUT2D eigenvalue weighted by atomic mass is 79.9. The van der Waals surface area contributed by atoms with E-state index in [2.05, 4.69) is 25.4 Å². The third-order valence-electron chi connectivity index (χ3n) is 4.93. The lowest BCUT2D eigenvalue weighted by Gasteiger charge is -2.21. The van der Waals surface area contributed by atoms with Crippen molar-refractivity contribution >= 4 is 37.5 Å². The second-order valence-corrected chi connectivity index (χ2v) is 9.80. The number of nitrogens with zero attached hydrogens (tertiary/aromatic N) is 1. The van der Waals surface area contributed by atoms with E-state index in [0.29, 0.717) is 16.0 Å². The molecule has 2 aromatic rings. The van der Waals surface area contributed by atoms with Crippen LogP contribution in [0.25, 0.3) is 0 Å². The summed E-state index contributed by atoms with van der Waals surface area (Å²) in [5.41, 5.74) is 1.11. The Morgan fingerprint density at radius 3 is 2.15 bits per heavy atom. The number of carbonyl (C=O) groups excluding carboxylic acids is 1. The van der Waals surface area contributed by atoms with Gasteiger partial charge in [0.05, 0.1) is 4.90 Å². The molecule has 6 nitrogen and oxygen atoms in total. The smallest absolute Gasteiger partial charge is 0.430 e. The molecule has 0 fully saturated rings. The Labute approximate surface area is 199 Å². The Morgan fingerprint density at radius 2 is 1.59 bits per heavy atom. The molecule has 0 radical (unpaired) electrons. The van der Waals surface area contributed by atoms with Gasteiger partial charge in [0.1, 0.15) is 5.75 Å². The third kappa shape index (κ3) is 6.14. The first kappa shape index (κ1) is 26.1. The Morgan fingerprint density at radius 1 is 1.00 bits per heavy atom. The van der Waals surface area contributed by atoms with Gasteiger partial charge in [0, 0.05) is 18.8 Å². The number of sulfonamides is 1. The van der Waals surface area contributed by atoms with Crippen molar-refractivity contribution in [2.75, 3.05) is 17.8 Å². The summed E-state index contributed by atoms with van der Waals surface area (Å²) in [6.07, 6.45) is -8.97. The largest absolute Gasteiger partial charge is 0.471 e. The minimum absolute atomic E-state index is 0.00296. The van der Waals surface area contributed by atoms with Crippen molar-refractivity contribution in [3.8, 4) is 5.75 Å². The number of alkyl halides is 7. The average Bonchev–Trinajstić information content (AvgIpc) is 2.95. The number of nitrogens with one attached hydrogen (secondary N) is 1. The molecule has 0 saturated carbocycles. The van der Waals surface area contributed by atoms with Crippen LogP contribution in [-0.4, -0.2) is 49.7 Å². The maximum absolute atomic E-state index is 13.3. The molecule has 34 heavy (non-hydrogen) atoms. The monoisotopic (exact) mass is 574 g/mol. The summed E-state index contributed by atoms with van der Waals surface area (Å²) in [5, 5.41) is -2.75. The van der Waals surface area contributed by atoms with Crippen LogP contribution in [0.3, 0.4) is 0 Å². The van der Waals surface area contributed by atoms with Gasteiger partial charge in [0.25, 0.3) is 15.1 Å². The van der Waals surface area contributed by atoms with Crippen LogP contribution in [0.4, 0.5) is 32.0 Å². The second-order valence-electron chi connectivity index (χ2n) is 7.31. The van der Waals surface area contributed by atoms with E-state index in [-0.39, 0.29) is 36.5 Å². The van der Waals surface area contributed by atoms with Gasteiger partial charge in [-0.3, -0.25) is 9.52 Å². The van der Waals surface area contributed by atoms with Gasteiger partial charge in [-0.05, 0) is 76.3 Å². The summed E-state index contributed by atoms with van der Waals surface area (Å²) >= 11 is 2.08. The van der Waals surface area contributed by atoms with Crippen molar-refractivity contribution in [1.82, 2.24) is 4.90 Å². The van der Waals surface area contributed by atoms with E-state index in [9.17, 15) is 39.6 Å². The molecule has 2 aromatic carbocycles. The third-order valence-corrected chi connectivity index (χ3v) is 6.85. The average molecular weight is 575 g/mol. The van der Waals surface area contributed by atoms with Crippen LogP contribution in [0.2, 0.25) is 0 Å². The van der Waals surface area contributed by atoms with Crippen LogP contribution in [0.15, 0.2) is 47.4 Å². The van der Waals surface area contributed by atoms with Crippen LogP contribution in [0, 0.1) is 0 Å². The highest BCUT2D eigenvalue weighted by molar-refractivity contribution is 9.09. The molecule has 1 aliphatic heterocycles. The molecule has 1 N–H and O–H groups in total. The fourth-order valence-electron chi connectivity index (χ4n) is 3.26. The molecule has 1 amide bonds. The lowest BCUT2D eigenvalue weighted by Crippen LogP contribution is -2.42.